The molecule has 0 unspecified atom stereocenters. The van der Waals surface area contributed by atoms with Gasteiger partial charge in [0.25, 0.3) is 0 Å². The lowest BCUT2D eigenvalue weighted by Crippen LogP contribution is -2.15. The topological polar surface area (TPSA) is 37.3 Å². The molecule has 5 heteroatoms. The summed E-state index contributed by atoms with van der Waals surface area (Å²) in [6, 6.07) is 3.93. The maximum absolute atomic E-state index is 4.37. The summed E-state index contributed by atoms with van der Waals surface area (Å²) in [4.78, 5) is 9.65. The summed E-state index contributed by atoms with van der Waals surface area (Å²) in [7, 11) is 0. The minimum absolute atomic E-state index is 0.821. The summed E-state index contributed by atoms with van der Waals surface area (Å²) in [6.45, 7) is 2.10. The molecule has 68 valence electrons. The number of nitrogens with zero attached hydrogens (tertiary/aromatic N) is 2. The molecule has 0 amide bonds. The standard InChI is InChI=1S/C8H9N3S2/c1-2-12-8-10-7-6(13-11-8)4-3-5-9-7/h3-5H,2H2,1H3,(H,9,10,11). The van der Waals surface area contributed by atoms with Crippen LogP contribution in [0.3, 0.4) is 0 Å². The molecule has 13 heavy (non-hydrogen) atoms. The van der Waals surface area contributed by atoms with Crippen LogP contribution in [0.4, 0.5) is 5.82 Å². The van der Waals surface area contributed by atoms with Gasteiger partial charge in [0, 0.05) is 6.20 Å². The fraction of sp³-hybridized carbons (Fsp3) is 0.250. The van der Waals surface area contributed by atoms with Crippen LogP contribution in [0.15, 0.2) is 28.2 Å². The Morgan fingerprint density at radius 3 is 3.38 bits per heavy atom. The Bertz CT molecular complexity index is 338. The highest BCUT2D eigenvalue weighted by molar-refractivity contribution is 8.15. The number of amidine groups is 1. The lowest BCUT2D eigenvalue weighted by molar-refractivity contribution is 1.17. The SMILES string of the molecule is CCSC1=Nc2ncccc2SN1. The van der Waals surface area contributed by atoms with E-state index in [1.165, 1.54) is 0 Å². The molecule has 0 bridgehead atoms. The maximum Gasteiger partial charge on any atom is 0.173 e. The van der Waals surface area contributed by atoms with Gasteiger partial charge in [0.1, 0.15) is 0 Å². The number of hydrogen-bond acceptors (Lipinski definition) is 5. The van der Waals surface area contributed by atoms with Crippen LogP contribution in [0.1, 0.15) is 6.92 Å². The van der Waals surface area contributed by atoms with Gasteiger partial charge >= 0.3 is 0 Å². The molecule has 2 heterocycles. The molecule has 0 aromatic carbocycles. The van der Waals surface area contributed by atoms with E-state index in [0.717, 1.165) is 21.6 Å². The van der Waals surface area contributed by atoms with Gasteiger partial charge in [-0.2, -0.15) is 0 Å². The van der Waals surface area contributed by atoms with Crippen molar-refractivity contribution in [2.24, 2.45) is 4.99 Å². The summed E-state index contributed by atoms with van der Waals surface area (Å²) in [5.41, 5.74) is 0. The van der Waals surface area contributed by atoms with Crippen LogP contribution in [-0.4, -0.2) is 15.9 Å². The summed E-state index contributed by atoms with van der Waals surface area (Å²) in [5.74, 6) is 1.84. The first kappa shape index (κ1) is 8.90. The van der Waals surface area contributed by atoms with Gasteiger partial charge in [-0.25, -0.2) is 9.98 Å². The van der Waals surface area contributed by atoms with E-state index >= 15 is 0 Å². The van der Waals surface area contributed by atoms with Gasteiger partial charge in [-0.1, -0.05) is 18.7 Å². The fourth-order valence-corrected chi connectivity index (χ4v) is 2.33. The van der Waals surface area contributed by atoms with E-state index in [0.29, 0.717) is 0 Å². The molecule has 0 saturated carbocycles. The normalized spacial score (nSPS) is 14.4. The molecule has 0 saturated heterocycles. The first-order valence-electron chi connectivity index (χ1n) is 3.99. The Morgan fingerprint density at radius 1 is 1.62 bits per heavy atom. The number of nitrogens with one attached hydrogen (secondary N) is 1. The van der Waals surface area contributed by atoms with Crippen molar-refractivity contribution in [3.8, 4) is 0 Å². The molecule has 0 spiro atoms. The van der Waals surface area contributed by atoms with E-state index in [2.05, 4.69) is 21.6 Å². The van der Waals surface area contributed by atoms with Crippen LogP contribution in [0, 0.1) is 0 Å². The van der Waals surface area contributed by atoms with Gasteiger partial charge in [0.2, 0.25) is 0 Å². The van der Waals surface area contributed by atoms with Crippen molar-refractivity contribution in [1.82, 2.24) is 9.71 Å². The van der Waals surface area contributed by atoms with E-state index in [1.54, 1.807) is 29.9 Å². The van der Waals surface area contributed by atoms with Gasteiger partial charge in [0.15, 0.2) is 11.0 Å². The fourth-order valence-electron chi connectivity index (χ4n) is 0.962. The first-order valence-corrected chi connectivity index (χ1v) is 5.79. The molecule has 0 fully saturated rings. The Labute approximate surface area is 85.6 Å². The number of hydrogen-bond donors (Lipinski definition) is 1. The second kappa shape index (κ2) is 4.02. The number of pyridine rings is 1. The summed E-state index contributed by atoms with van der Waals surface area (Å²) < 4.78 is 3.17. The second-order valence-electron chi connectivity index (χ2n) is 2.38. The molecule has 1 aliphatic rings. The van der Waals surface area contributed by atoms with Gasteiger partial charge < -0.3 is 4.72 Å². The van der Waals surface area contributed by atoms with Crippen LogP contribution < -0.4 is 4.72 Å². The van der Waals surface area contributed by atoms with Crippen molar-refractivity contribution >= 4 is 34.7 Å². The molecule has 2 rings (SSSR count). The highest BCUT2D eigenvalue weighted by Gasteiger charge is 2.11. The summed E-state index contributed by atoms with van der Waals surface area (Å²) in [6.07, 6.45) is 1.77. The third-order valence-electron chi connectivity index (χ3n) is 1.49. The van der Waals surface area contributed by atoms with Gasteiger partial charge in [0.05, 0.1) is 4.90 Å². The van der Waals surface area contributed by atoms with Crippen LogP contribution in [0.2, 0.25) is 0 Å². The zero-order valence-corrected chi connectivity index (χ0v) is 8.78. The van der Waals surface area contributed by atoms with Crippen molar-refractivity contribution in [2.45, 2.75) is 11.8 Å². The molecule has 0 atom stereocenters. The van der Waals surface area contributed by atoms with E-state index in [1.807, 2.05) is 12.1 Å². The summed E-state index contributed by atoms with van der Waals surface area (Å²) in [5, 5.41) is 0.943. The second-order valence-corrected chi connectivity index (χ2v) is 4.48. The molecule has 1 aliphatic heterocycles. The number of rotatable bonds is 1. The Hall–Kier alpha value is -0.680. The van der Waals surface area contributed by atoms with Gasteiger partial charge in [-0.05, 0) is 29.8 Å². The van der Waals surface area contributed by atoms with E-state index in [4.69, 9.17) is 0 Å². The summed E-state index contributed by atoms with van der Waals surface area (Å²) >= 11 is 3.27. The lowest BCUT2D eigenvalue weighted by atomic mass is 10.5. The van der Waals surface area contributed by atoms with Crippen molar-refractivity contribution in [2.75, 3.05) is 5.75 Å². The van der Waals surface area contributed by atoms with Crippen LogP contribution in [-0.2, 0) is 0 Å². The lowest BCUT2D eigenvalue weighted by Gasteiger charge is -2.13. The molecular weight excluding hydrogens is 202 g/mol. The van der Waals surface area contributed by atoms with Crippen molar-refractivity contribution in [3.05, 3.63) is 18.3 Å². The average Bonchev–Trinajstić information content (AvgIpc) is 2.18. The van der Waals surface area contributed by atoms with Gasteiger partial charge in [-0.15, -0.1) is 0 Å². The van der Waals surface area contributed by atoms with Crippen molar-refractivity contribution < 1.29 is 0 Å². The highest BCUT2D eigenvalue weighted by atomic mass is 32.2. The zero-order valence-electron chi connectivity index (χ0n) is 7.15. The largest absolute Gasteiger partial charge is 0.305 e. The van der Waals surface area contributed by atoms with Crippen molar-refractivity contribution in [1.29, 1.82) is 0 Å². The van der Waals surface area contributed by atoms with E-state index < -0.39 is 0 Å². The predicted octanol–water partition coefficient (Wildman–Crippen LogP) is 2.43. The third kappa shape index (κ3) is 1.97. The number of aromatic nitrogens is 1. The molecule has 3 nitrogen and oxygen atoms in total. The number of fused-ring (bicyclic) bond motifs is 1. The van der Waals surface area contributed by atoms with E-state index in [9.17, 15) is 0 Å². The van der Waals surface area contributed by atoms with Gasteiger partial charge in [-0.3, -0.25) is 0 Å². The predicted molar refractivity (Wildman–Crippen MR) is 58.5 cm³/mol. The zero-order chi connectivity index (χ0) is 9.10. The Morgan fingerprint density at radius 2 is 2.54 bits per heavy atom. The monoisotopic (exact) mass is 211 g/mol. The molecule has 1 aromatic rings. The van der Waals surface area contributed by atoms with Crippen LogP contribution in [0.25, 0.3) is 0 Å². The van der Waals surface area contributed by atoms with Crippen LogP contribution in [0.5, 0.6) is 0 Å². The smallest absolute Gasteiger partial charge is 0.173 e. The first-order chi connectivity index (χ1) is 6.40. The van der Waals surface area contributed by atoms with E-state index in [-0.39, 0.29) is 0 Å². The molecule has 0 aliphatic carbocycles. The maximum atomic E-state index is 4.37. The van der Waals surface area contributed by atoms with Crippen molar-refractivity contribution in [3.63, 3.8) is 0 Å². The molecule has 1 N–H and O–H groups in total. The minimum atomic E-state index is 0.821. The Balaban J connectivity index is 2.28. The molecule has 0 radical (unpaired) electrons. The number of thioether (sulfide) groups is 1. The Kier molecular flexibility index (Phi) is 2.75. The molecule has 1 aromatic heterocycles. The average molecular weight is 211 g/mol. The third-order valence-corrected chi connectivity index (χ3v) is 3.21. The van der Waals surface area contributed by atoms with Crippen LogP contribution >= 0.6 is 23.7 Å². The molecular formula is C8H9N3S2. The number of aliphatic imine (C=N–C) groups is 1. The highest BCUT2D eigenvalue weighted by Crippen LogP contribution is 2.30. The minimum Gasteiger partial charge on any atom is -0.305 e. The quantitative estimate of drug-likeness (QED) is 0.724.